The SMILES string of the molecule is CCCCC(C)CCCCCCCCCCC(=O)OC(CC(=O)[O-])C[N+](C)(C)C. The monoisotopic (exact) mass is 413 g/mol. The van der Waals surface area contributed by atoms with E-state index >= 15 is 0 Å². The Labute approximate surface area is 179 Å². The van der Waals surface area contributed by atoms with Crippen LogP contribution in [0.3, 0.4) is 0 Å². The molecule has 0 aliphatic heterocycles. The number of carboxylic acids is 1. The van der Waals surface area contributed by atoms with Gasteiger partial charge in [-0.3, -0.25) is 4.79 Å². The molecule has 0 aromatic heterocycles. The zero-order valence-corrected chi connectivity index (χ0v) is 19.8. The molecule has 0 rings (SSSR count). The van der Waals surface area contributed by atoms with Gasteiger partial charge in [-0.1, -0.05) is 84.5 Å². The van der Waals surface area contributed by atoms with E-state index < -0.39 is 12.1 Å². The Balaban J connectivity index is 3.68. The fourth-order valence-electron chi connectivity index (χ4n) is 3.70. The summed E-state index contributed by atoms with van der Waals surface area (Å²) in [6, 6.07) is 0. The quantitative estimate of drug-likeness (QED) is 0.178. The van der Waals surface area contributed by atoms with Crippen LogP contribution in [0.2, 0.25) is 0 Å². The van der Waals surface area contributed by atoms with E-state index in [0.29, 0.717) is 17.4 Å². The highest BCUT2D eigenvalue weighted by Crippen LogP contribution is 2.17. The minimum atomic E-state index is -1.17. The first-order valence-electron chi connectivity index (χ1n) is 11.8. The van der Waals surface area contributed by atoms with Crippen molar-refractivity contribution in [2.24, 2.45) is 5.92 Å². The summed E-state index contributed by atoms with van der Waals surface area (Å²) in [4.78, 5) is 22.9. The molecule has 0 aromatic rings. The van der Waals surface area contributed by atoms with Crippen molar-refractivity contribution in [2.75, 3.05) is 27.7 Å². The molecule has 29 heavy (non-hydrogen) atoms. The van der Waals surface area contributed by atoms with Crippen molar-refractivity contribution in [3.63, 3.8) is 0 Å². The van der Waals surface area contributed by atoms with Gasteiger partial charge < -0.3 is 19.1 Å². The van der Waals surface area contributed by atoms with Crippen LogP contribution in [-0.2, 0) is 14.3 Å². The molecule has 0 bridgehead atoms. The fourth-order valence-corrected chi connectivity index (χ4v) is 3.70. The lowest BCUT2D eigenvalue weighted by Gasteiger charge is -2.29. The predicted molar refractivity (Wildman–Crippen MR) is 117 cm³/mol. The molecule has 0 saturated heterocycles. The van der Waals surface area contributed by atoms with Crippen LogP contribution in [0.25, 0.3) is 0 Å². The highest BCUT2D eigenvalue weighted by molar-refractivity contribution is 5.70. The first kappa shape index (κ1) is 27.9. The van der Waals surface area contributed by atoms with Crippen molar-refractivity contribution in [1.82, 2.24) is 0 Å². The van der Waals surface area contributed by atoms with Gasteiger partial charge in [0.2, 0.25) is 0 Å². The number of unbranched alkanes of at least 4 members (excludes halogenated alkanes) is 8. The first-order chi connectivity index (χ1) is 13.6. The number of rotatable bonds is 19. The highest BCUT2D eigenvalue weighted by Gasteiger charge is 2.22. The van der Waals surface area contributed by atoms with Crippen molar-refractivity contribution in [3.05, 3.63) is 0 Å². The van der Waals surface area contributed by atoms with E-state index in [4.69, 9.17) is 4.74 Å². The molecule has 0 radical (unpaired) electrons. The summed E-state index contributed by atoms with van der Waals surface area (Å²) in [6.07, 6.45) is 14.5. The van der Waals surface area contributed by atoms with Crippen molar-refractivity contribution in [1.29, 1.82) is 0 Å². The zero-order chi connectivity index (χ0) is 22.1. The first-order valence-corrected chi connectivity index (χ1v) is 11.8. The van der Waals surface area contributed by atoms with Gasteiger partial charge in [0.25, 0.3) is 0 Å². The topological polar surface area (TPSA) is 66.4 Å². The second-order valence-electron chi connectivity index (χ2n) is 9.78. The summed E-state index contributed by atoms with van der Waals surface area (Å²) >= 11 is 0. The van der Waals surface area contributed by atoms with Gasteiger partial charge in [0, 0.05) is 18.8 Å². The lowest BCUT2D eigenvalue weighted by atomic mass is 9.97. The van der Waals surface area contributed by atoms with E-state index in [1.165, 1.54) is 57.8 Å². The molecule has 172 valence electrons. The molecule has 2 unspecified atom stereocenters. The molecule has 0 N–H and O–H groups in total. The summed E-state index contributed by atoms with van der Waals surface area (Å²) in [6.45, 7) is 5.11. The molecule has 0 heterocycles. The predicted octanol–water partition coefficient (Wildman–Crippen LogP) is 4.47. The van der Waals surface area contributed by atoms with Crippen LogP contribution < -0.4 is 5.11 Å². The van der Waals surface area contributed by atoms with E-state index in [9.17, 15) is 14.7 Å². The number of hydrogen-bond acceptors (Lipinski definition) is 4. The lowest BCUT2D eigenvalue weighted by Crippen LogP contribution is -2.45. The number of nitrogens with zero attached hydrogens (tertiary/aromatic N) is 1. The Bertz CT molecular complexity index is 431. The fraction of sp³-hybridized carbons (Fsp3) is 0.917. The number of ether oxygens (including phenoxy) is 1. The largest absolute Gasteiger partial charge is 0.550 e. The second-order valence-corrected chi connectivity index (χ2v) is 9.78. The molecule has 0 aliphatic rings. The van der Waals surface area contributed by atoms with Gasteiger partial charge in [0.15, 0.2) is 6.10 Å². The van der Waals surface area contributed by atoms with Gasteiger partial charge in [0.1, 0.15) is 6.54 Å². The maximum absolute atomic E-state index is 12.0. The molecule has 2 atom stereocenters. The summed E-state index contributed by atoms with van der Waals surface area (Å²) in [5.41, 5.74) is 0. The van der Waals surface area contributed by atoms with E-state index in [-0.39, 0.29) is 12.4 Å². The third-order valence-electron chi connectivity index (χ3n) is 5.32. The van der Waals surface area contributed by atoms with Gasteiger partial charge in [-0.15, -0.1) is 0 Å². The van der Waals surface area contributed by atoms with E-state index in [1.807, 2.05) is 21.1 Å². The lowest BCUT2D eigenvalue weighted by molar-refractivity contribution is -0.873. The van der Waals surface area contributed by atoms with Crippen molar-refractivity contribution >= 4 is 11.9 Å². The number of esters is 1. The molecule has 0 aliphatic carbocycles. The Morgan fingerprint density at radius 2 is 1.38 bits per heavy atom. The third kappa shape index (κ3) is 20.0. The van der Waals surface area contributed by atoms with Crippen molar-refractivity contribution < 1.29 is 23.9 Å². The van der Waals surface area contributed by atoms with Crippen LogP contribution >= 0.6 is 0 Å². The van der Waals surface area contributed by atoms with Crippen molar-refractivity contribution in [2.45, 2.75) is 110 Å². The molecule has 5 nitrogen and oxygen atoms in total. The van der Waals surface area contributed by atoms with Crippen LogP contribution in [0.1, 0.15) is 104 Å². The van der Waals surface area contributed by atoms with Gasteiger partial charge in [-0.2, -0.15) is 0 Å². The van der Waals surface area contributed by atoms with Crippen LogP contribution in [0.5, 0.6) is 0 Å². The summed E-state index contributed by atoms with van der Waals surface area (Å²) in [7, 11) is 5.84. The van der Waals surface area contributed by atoms with Crippen LogP contribution in [0.15, 0.2) is 0 Å². The van der Waals surface area contributed by atoms with Gasteiger partial charge in [0.05, 0.1) is 21.1 Å². The Kier molecular flexibility index (Phi) is 16.0. The molecule has 0 fully saturated rings. The van der Waals surface area contributed by atoms with Gasteiger partial charge in [-0.05, 0) is 12.3 Å². The molecule has 0 spiro atoms. The number of hydrogen-bond donors (Lipinski definition) is 0. The molecule has 5 heteroatoms. The molecular formula is C24H47NO4. The van der Waals surface area contributed by atoms with E-state index in [1.54, 1.807) is 0 Å². The number of carbonyl (C=O) groups is 2. The Hall–Kier alpha value is -1.10. The smallest absolute Gasteiger partial charge is 0.306 e. The maximum atomic E-state index is 12.0. The van der Waals surface area contributed by atoms with E-state index in [0.717, 1.165) is 25.2 Å². The molecular weight excluding hydrogens is 366 g/mol. The van der Waals surface area contributed by atoms with Crippen LogP contribution in [-0.4, -0.2) is 50.2 Å². The highest BCUT2D eigenvalue weighted by atomic mass is 16.5. The summed E-state index contributed by atoms with van der Waals surface area (Å²) < 4.78 is 5.92. The standard InChI is InChI=1S/C24H47NO4/c1-6-7-16-21(2)17-14-12-10-8-9-11-13-15-18-24(28)29-22(19-23(26)27)20-25(3,4)5/h21-22H,6-20H2,1-5H3. The minimum Gasteiger partial charge on any atom is -0.550 e. The van der Waals surface area contributed by atoms with Gasteiger partial charge >= 0.3 is 5.97 Å². The number of aliphatic carboxylic acids is 1. The van der Waals surface area contributed by atoms with E-state index in [2.05, 4.69) is 13.8 Å². The zero-order valence-electron chi connectivity index (χ0n) is 19.8. The van der Waals surface area contributed by atoms with Crippen molar-refractivity contribution in [3.8, 4) is 0 Å². The average molecular weight is 414 g/mol. The summed E-state index contributed by atoms with van der Waals surface area (Å²) in [5.74, 6) is -0.586. The Morgan fingerprint density at radius 1 is 0.862 bits per heavy atom. The Morgan fingerprint density at radius 3 is 1.90 bits per heavy atom. The van der Waals surface area contributed by atoms with Crippen LogP contribution in [0.4, 0.5) is 0 Å². The average Bonchev–Trinajstić information content (AvgIpc) is 2.59. The normalized spacial score (nSPS) is 13.8. The molecule has 0 saturated carbocycles. The summed E-state index contributed by atoms with van der Waals surface area (Å²) in [5, 5.41) is 10.9. The molecule has 0 amide bonds. The number of quaternary nitrogens is 1. The number of likely N-dealkylation sites (N-methyl/N-ethyl adjacent to an activating group) is 1. The third-order valence-corrected chi connectivity index (χ3v) is 5.32. The second kappa shape index (κ2) is 16.7. The van der Waals surface area contributed by atoms with Crippen LogP contribution in [0, 0.1) is 5.92 Å². The molecule has 0 aromatic carbocycles. The number of carbonyl (C=O) groups excluding carboxylic acids is 2. The van der Waals surface area contributed by atoms with Gasteiger partial charge in [-0.25, -0.2) is 0 Å². The number of carboxylic acid groups (broad SMARTS) is 1. The minimum absolute atomic E-state index is 0.237. The maximum Gasteiger partial charge on any atom is 0.306 e.